The molecule has 0 spiro atoms. The zero-order valence-electron chi connectivity index (χ0n) is 14.7. The van der Waals surface area contributed by atoms with Crippen LogP contribution in [0.4, 0.5) is 5.82 Å². The minimum Gasteiger partial charge on any atom is -0.497 e. The normalized spacial score (nSPS) is 12.4. The van der Waals surface area contributed by atoms with Gasteiger partial charge < -0.3 is 19.8 Å². The number of nitrogens with two attached hydrogens (primary N) is 1. The quantitative estimate of drug-likeness (QED) is 0.596. The number of aromatic nitrogens is 3. The van der Waals surface area contributed by atoms with Crippen molar-refractivity contribution in [3.63, 3.8) is 0 Å². The van der Waals surface area contributed by atoms with Crippen LogP contribution in [0.25, 0.3) is 21.9 Å². The topological polar surface area (TPSA) is 75.2 Å². The van der Waals surface area contributed by atoms with Gasteiger partial charge in [-0.15, -0.1) is 0 Å². The van der Waals surface area contributed by atoms with E-state index in [1.54, 1.807) is 13.4 Å². The Hall–Kier alpha value is -3.28. The highest BCUT2D eigenvalue weighted by molar-refractivity contribution is 6.06. The summed E-state index contributed by atoms with van der Waals surface area (Å²) in [5.41, 5.74) is 8.66. The summed E-state index contributed by atoms with van der Waals surface area (Å²) in [6, 6.07) is 15.5. The Balaban J connectivity index is 1.64. The van der Waals surface area contributed by atoms with Gasteiger partial charge in [-0.3, -0.25) is 0 Å². The van der Waals surface area contributed by atoms with E-state index in [4.69, 9.17) is 15.2 Å². The summed E-state index contributed by atoms with van der Waals surface area (Å²) in [4.78, 5) is 8.89. The number of fused-ring (bicyclic) bond motifs is 3. The highest BCUT2D eigenvalue weighted by Gasteiger charge is 2.14. The standard InChI is InChI=1S/C20H20N4O2/c1-13(26-15-9-7-14(25-2)8-10-15)11-24-12-22-18-19(24)16-5-3-4-6-17(16)23-20(18)21/h3-10,12-13H,11H2,1-2H3,(H2,21,23). The van der Waals surface area contributed by atoms with Crippen LogP contribution in [0.1, 0.15) is 6.92 Å². The molecule has 2 aromatic carbocycles. The molecule has 0 fully saturated rings. The van der Waals surface area contributed by atoms with Crippen LogP contribution < -0.4 is 15.2 Å². The average Bonchev–Trinajstić information content (AvgIpc) is 3.07. The van der Waals surface area contributed by atoms with Crippen LogP contribution in [0.3, 0.4) is 0 Å². The maximum Gasteiger partial charge on any atom is 0.152 e. The molecule has 6 heteroatoms. The van der Waals surface area contributed by atoms with E-state index in [9.17, 15) is 0 Å². The third kappa shape index (κ3) is 2.90. The zero-order valence-corrected chi connectivity index (χ0v) is 14.7. The van der Waals surface area contributed by atoms with E-state index in [2.05, 4.69) is 14.5 Å². The molecular weight excluding hydrogens is 328 g/mol. The second-order valence-corrected chi connectivity index (χ2v) is 6.21. The molecule has 0 saturated carbocycles. The van der Waals surface area contributed by atoms with Crippen LogP contribution in [0.2, 0.25) is 0 Å². The van der Waals surface area contributed by atoms with E-state index in [1.807, 2.05) is 55.5 Å². The maximum absolute atomic E-state index is 6.09. The van der Waals surface area contributed by atoms with E-state index in [0.29, 0.717) is 12.4 Å². The zero-order chi connectivity index (χ0) is 18.1. The number of hydrogen-bond acceptors (Lipinski definition) is 5. The first-order chi connectivity index (χ1) is 12.7. The summed E-state index contributed by atoms with van der Waals surface area (Å²) in [7, 11) is 1.65. The fourth-order valence-electron chi connectivity index (χ4n) is 3.15. The summed E-state index contributed by atoms with van der Waals surface area (Å²) in [6.45, 7) is 2.68. The van der Waals surface area contributed by atoms with Crippen molar-refractivity contribution in [2.45, 2.75) is 19.6 Å². The van der Waals surface area contributed by atoms with Gasteiger partial charge in [-0.1, -0.05) is 18.2 Å². The highest BCUT2D eigenvalue weighted by Crippen LogP contribution is 2.27. The first-order valence-corrected chi connectivity index (χ1v) is 8.45. The first kappa shape index (κ1) is 16.2. The van der Waals surface area contributed by atoms with Crippen molar-refractivity contribution in [1.82, 2.24) is 14.5 Å². The van der Waals surface area contributed by atoms with Gasteiger partial charge in [0.2, 0.25) is 0 Å². The van der Waals surface area contributed by atoms with Crippen molar-refractivity contribution in [3.8, 4) is 11.5 Å². The molecule has 132 valence electrons. The van der Waals surface area contributed by atoms with Gasteiger partial charge in [0.15, 0.2) is 5.82 Å². The van der Waals surface area contributed by atoms with E-state index < -0.39 is 0 Å². The number of hydrogen-bond donors (Lipinski definition) is 1. The van der Waals surface area contributed by atoms with Crippen molar-refractivity contribution >= 4 is 27.8 Å². The van der Waals surface area contributed by atoms with Crippen LogP contribution >= 0.6 is 0 Å². The first-order valence-electron chi connectivity index (χ1n) is 8.45. The van der Waals surface area contributed by atoms with Crippen molar-refractivity contribution < 1.29 is 9.47 Å². The lowest BCUT2D eigenvalue weighted by Gasteiger charge is -2.16. The Morgan fingerprint density at radius 3 is 2.58 bits per heavy atom. The third-order valence-electron chi connectivity index (χ3n) is 4.33. The molecule has 6 nitrogen and oxygen atoms in total. The Kier molecular flexibility index (Phi) is 4.08. The lowest BCUT2D eigenvalue weighted by molar-refractivity contribution is 0.201. The van der Waals surface area contributed by atoms with E-state index >= 15 is 0 Å². The van der Waals surface area contributed by atoms with E-state index in [1.165, 1.54) is 0 Å². The number of ether oxygens (including phenoxy) is 2. The predicted molar refractivity (Wildman–Crippen MR) is 103 cm³/mol. The fraction of sp³-hybridized carbons (Fsp3) is 0.200. The number of nitrogen functional groups attached to an aromatic ring is 1. The van der Waals surface area contributed by atoms with Crippen LogP contribution in [-0.2, 0) is 6.54 Å². The maximum atomic E-state index is 6.09. The predicted octanol–water partition coefficient (Wildman–Crippen LogP) is 3.64. The van der Waals surface area contributed by atoms with Gasteiger partial charge in [0.1, 0.15) is 23.1 Å². The molecule has 2 heterocycles. The second-order valence-electron chi connectivity index (χ2n) is 6.21. The Morgan fingerprint density at radius 2 is 1.81 bits per heavy atom. The number of nitrogens with zero attached hydrogens (tertiary/aromatic N) is 3. The fourth-order valence-corrected chi connectivity index (χ4v) is 3.15. The highest BCUT2D eigenvalue weighted by atomic mass is 16.5. The molecule has 0 radical (unpaired) electrons. The minimum absolute atomic E-state index is 0.0473. The number of para-hydroxylation sites is 1. The smallest absolute Gasteiger partial charge is 0.152 e. The summed E-state index contributed by atoms with van der Waals surface area (Å²) in [5, 5.41) is 1.03. The van der Waals surface area contributed by atoms with Gasteiger partial charge in [-0.05, 0) is 37.3 Å². The molecule has 0 saturated heterocycles. The van der Waals surface area contributed by atoms with Gasteiger partial charge in [-0.2, -0.15) is 0 Å². The van der Waals surface area contributed by atoms with Gasteiger partial charge in [-0.25, -0.2) is 9.97 Å². The molecule has 0 aliphatic heterocycles. The Bertz CT molecular complexity index is 1060. The summed E-state index contributed by atoms with van der Waals surface area (Å²) in [5.74, 6) is 2.05. The number of methoxy groups -OCH3 is 1. The summed E-state index contributed by atoms with van der Waals surface area (Å²) in [6.07, 6.45) is 1.75. The molecule has 1 unspecified atom stereocenters. The van der Waals surface area contributed by atoms with Crippen molar-refractivity contribution in [1.29, 1.82) is 0 Å². The molecule has 2 N–H and O–H groups in total. The van der Waals surface area contributed by atoms with Crippen LogP contribution in [0, 0.1) is 0 Å². The SMILES string of the molecule is COc1ccc(OC(C)Cn2cnc3c(N)nc4ccccc4c32)cc1. The molecule has 2 aromatic heterocycles. The number of pyridine rings is 1. The molecule has 1 atom stereocenters. The number of imidazole rings is 1. The monoisotopic (exact) mass is 348 g/mol. The molecule has 0 aliphatic carbocycles. The van der Waals surface area contributed by atoms with Crippen molar-refractivity contribution in [3.05, 3.63) is 54.9 Å². The van der Waals surface area contributed by atoms with Crippen LogP contribution in [-0.4, -0.2) is 27.7 Å². The molecule has 0 amide bonds. The summed E-state index contributed by atoms with van der Waals surface area (Å²) >= 11 is 0. The Morgan fingerprint density at radius 1 is 1.08 bits per heavy atom. The molecule has 4 aromatic rings. The molecule has 26 heavy (non-hydrogen) atoms. The average molecular weight is 348 g/mol. The molecule has 0 bridgehead atoms. The van der Waals surface area contributed by atoms with Crippen LogP contribution in [0.5, 0.6) is 11.5 Å². The number of benzene rings is 2. The van der Waals surface area contributed by atoms with Gasteiger partial charge >= 0.3 is 0 Å². The van der Waals surface area contributed by atoms with Crippen molar-refractivity contribution in [2.75, 3.05) is 12.8 Å². The van der Waals surface area contributed by atoms with Crippen molar-refractivity contribution in [2.24, 2.45) is 0 Å². The number of anilines is 1. The lowest BCUT2D eigenvalue weighted by Crippen LogP contribution is -2.19. The van der Waals surface area contributed by atoms with Gasteiger partial charge in [0, 0.05) is 5.39 Å². The van der Waals surface area contributed by atoms with E-state index in [0.717, 1.165) is 33.4 Å². The largest absolute Gasteiger partial charge is 0.497 e. The number of rotatable bonds is 5. The molecule has 0 aliphatic rings. The Labute approximate surface area is 151 Å². The summed E-state index contributed by atoms with van der Waals surface area (Å²) < 4.78 is 13.3. The second kappa shape index (κ2) is 6.55. The van der Waals surface area contributed by atoms with E-state index in [-0.39, 0.29) is 6.10 Å². The minimum atomic E-state index is -0.0473. The lowest BCUT2D eigenvalue weighted by atomic mass is 10.2. The third-order valence-corrected chi connectivity index (χ3v) is 4.33. The molecule has 4 rings (SSSR count). The van der Waals surface area contributed by atoms with Gasteiger partial charge in [0.05, 0.1) is 31.0 Å². The van der Waals surface area contributed by atoms with Crippen LogP contribution in [0.15, 0.2) is 54.9 Å². The molecular formula is C20H20N4O2. The van der Waals surface area contributed by atoms with Gasteiger partial charge in [0.25, 0.3) is 0 Å².